The average molecular weight is 454 g/mol. The van der Waals surface area contributed by atoms with Crippen LogP contribution in [0, 0.1) is 0 Å². The zero-order chi connectivity index (χ0) is 22.5. The molecule has 3 unspecified atom stereocenters. The molecular weight excluding hydrogens is 422 g/mol. The summed E-state index contributed by atoms with van der Waals surface area (Å²) in [5, 5.41) is 11.8. The van der Waals surface area contributed by atoms with E-state index in [1.807, 2.05) is 53.1 Å². The topological polar surface area (TPSA) is 71.8 Å². The van der Waals surface area contributed by atoms with Crippen molar-refractivity contribution in [2.45, 2.75) is 45.1 Å². The molecule has 8 heteroatoms. The van der Waals surface area contributed by atoms with Crippen molar-refractivity contribution in [2.24, 2.45) is 0 Å². The van der Waals surface area contributed by atoms with E-state index in [2.05, 4.69) is 40.5 Å². The molecule has 0 aliphatic carbocycles. The lowest BCUT2D eigenvalue weighted by atomic mass is 10.1. The number of rotatable bonds is 8. The van der Waals surface area contributed by atoms with Gasteiger partial charge in [-0.1, -0.05) is 18.2 Å². The highest BCUT2D eigenvalue weighted by atomic mass is 32.2. The van der Waals surface area contributed by atoms with Crippen LogP contribution >= 0.6 is 11.8 Å². The summed E-state index contributed by atoms with van der Waals surface area (Å²) in [6.07, 6.45) is 5.28. The van der Waals surface area contributed by atoms with Gasteiger partial charge < -0.3 is 10.1 Å². The fourth-order valence-electron chi connectivity index (χ4n) is 4.27. The average Bonchev–Trinajstić information content (AvgIpc) is 3.20. The molecule has 3 aromatic rings. The zero-order valence-electron chi connectivity index (χ0n) is 18.9. The quantitative estimate of drug-likeness (QED) is 0.562. The summed E-state index contributed by atoms with van der Waals surface area (Å²) in [7, 11) is 0. The van der Waals surface area contributed by atoms with E-state index in [1.54, 1.807) is 11.8 Å². The molecule has 0 radical (unpaired) electrons. The van der Waals surface area contributed by atoms with Gasteiger partial charge in [0, 0.05) is 31.4 Å². The number of carbonyl (C=O) groups is 1. The number of morpholine rings is 1. The van der Waals surface area contributed by atoms with Crippen LogP contribution in [0.3, 0.4) is 0 Å². The minimum atomic E-state index is -0.205. The number of hydrogen-bond acceptors (Lipinski definition) is 6. The first-order valence-electron chi connectivity index (χ1n) is 11.1. The number of carbonyl (C=O) groups excluding carboxylic acids is 1. The molecule has 1 aliphatic rings. The highest BCUT2D eigenvalue weighted by Crippen LogP contribution is 2.20. The number of nitrogens with zero attached hydrogens (tertiary/aromatic N) is 4. The Kier molecular flexibility index (Phi) is 7.44. The number of aromatic nitrogens is 3. The molecule has 2 aromatic heterocycles. The number of amides is 1. The molecule has 1 aromatic carbocycles. The second kappa shape index (κ2) is 10.5. The van der Waals surface area contributed by atoms with Gasteiger partial charge >= 0.3 is 0 Å². The highest BCUT2D eigenvalue weighted by molar-refractivity contribution is 7.98. The molecule has 32 heavy (non-hydrogen) atoms. The van der Waals surface area contributed by atoms with E-state index in [1.165, 1.54) is 5.56 Å². The predicted octanol–water partition coefficient (Wildman–Crippen LogP) is 3.56. The number of nitrogens with one attached hydrogen (secondary N) is 1. The number of hydrogen-bond donors (Lipinski definition) is 1. The number of pyridine rings is 1. The SMILES string of the molecule is CSCCC(NC(=O)c1ccc(CN2CC(C)OC(C)C2)cc1)c1nnc2ccccn12. The fourth-order valence-corrected chi connectivity index (χ4v) is 4.75. The summed E-state index contributed by atoms with van der Waals surface area (Å²) in [5.74, 6) is 1.58. The Morgan fingerprint density at radius 1 is 1.16 bits per heavy atom. The van der Waals surface area contributed by atoms with Crippen molar-refractivity contribution in [3.8, 4) is 0 Å². The molecule has 1 saturated heterocycles. The van der Waals surface area contributed by atoms with Gasteiger partial charge in [-0.3, -0.25) is 14.1 Å². The Morgan fingerprint density at radius 3 is 2.62 bits per heavy atom. The maximum Gasteiger partial charge on any atom is 0.251 e. The van der Waals surface area contributed by atoms with Gasteiger partial charge in [-0.2, -0.15) is 11.8 Å². The van der Waals surface area contributed by atoms with Crippen LogP contribution in [0.2, 0.25) is 0 Å². The summed E-state index contributed by atoms with van der Waals surface area (Å²) >= 11 is 1.75. The van der Waals surface area contributed by atoms with Crippen molar-refractivity contribution in [1.82, 2.24) is 24.8 Å². The van der Waals surface area contributed by atoms with E-state index >= 15 is 0 Å². The van der Waals surface area contributed by atoms with Crippen LogP contribution in [0.4, 0.5) is 0 Å². The normalized spacial score (nSPS) is 20.3. The Balaban J connectivity index is 1.44. The van der Waals surface area contributed by atoms with Gasteiger partial charge in [0.15, 0.2) is 11.5 Å². The van der Waals surface area contributed by atoms with Gasteiger partial charge in [-0.05, 0) is 62.1 Å². The molecule has 170 valence electrons. The zero-order valence-corrected chi connectivity index (χ0v) is 19.7. The van der Waals surface area contributed by atoms with E-state index in [0.29, 0.717) is 5.56 Å². The van der Waals surface area contributed by atoms with Crippen molar-refractivity contribution in [1.29, 1.82) is 0 Å². The van der Waals surface area contributed by atoms with Gasteiger partial charge in [-0.25, -0.2) is 0 Å². The van der Waals surface area contributed by atoms with E-state index in [-0.39, 0.29) is 24.2 Å². The van der Waals surface area contributed by atoms with Gasteiger partial charge in [0.05, 0.1) is 18.2 Å². The van der Waals surface area contributed by atoms with Crippen molar-refractivity contribution in [2.75, 3.05) is 25.1 Å². The van der Waals surface area contributed by atoms with E-state index in [4.69, 9.17) is 4.74 Å². The summed E-state index contributed by atoms with van der Waals surface area (Å²) in [6, 6.07) is 13.5. The molecule has 1 fully saturated rings. The number of thioether (sulfide) groups is 1. The second-order valence-electron chi connectivity index (χ2n) is 8.44. The summed E-state index contributed by atoms with van der Waals surface area (Å²) in [5.41, 5.74) is 2.63. The van der Waals surface area contributed by atoms with E-state index < -0.39 is 0 Å². The van der Waals surface area contributed by atoms with Crippen LogP contribution in [-0.4, -0.2) is 62.7 Å². The molecule has 0 spiro atoms. The standard InChI is InChI=1S/C24H31N5O2S/c1-17-14-28(15-18(2)31-17)16-19-7-9-20(10-8-19)24(30)25-21(11-13-32-3)23-27-26-22-6-4-5-12-29(22)23/h4-10,12,17-18,21H,11,13-16H2,1-3H3,(H,25,30). The molecule has 1 amide bonds. The first kappa shape index (κ1) is 22.8. The van der Waals surface area contributed by atoms with Gasteiger partial charge in [-0.15, -0.1) is 10.2 Å². The maximum atomic E-state index is 13.0. The molecular formula is C24H31N5O2S. The monoisotopic (exact) mass is 453 g/mol. The fraction of sp³-hybridized carbons (Fsp3) is 0.458. The molecule has 0 bridgehead atoms. The lowest BCUT2D eigenvalue weighted by Crippen LogP contribution is -2.44. The lowest BCUT2D eigenvalue weighted by molar-refractivity contribution is -0.0704. The van der Waals surface area contributed by atoms with Crippen LogP contribution in [-0.2, 0) is 11.3 Å². The Bertz CT molecular complexity index is 1030. The lowest BCUT2D eigenvalue weighted by Gasteiger charge is -2.35. The van der Waals surface area contributed by atoms with E-state index in [9.17, 15) is 4.79 Å². The Labute approximate surface area is 193 Å². The third-order valence-corrected chi connectivity index (χ3v) is 6.33. The van der Waals surface area contributed by atoms with Gasteiger partial charge in [0.25, 0.3) is 5.91 Å². The molecule has 1 aliphatic heterocycles. The molecule has 3 atom stereocenters. The first-order valence-corrected chi connectivity index (χ1v) is 12.5. The summed E-state index contributed by atoms with van der Waals surface area (Å²) in [6.45, 7) is 6.94. The highest BCUT2D eigenvalue weighted by Gasteiger charge is 2.23. The minimum absolute atomic E-state index is 0.0936. The van der Waals surface area contributed by atoms with Crippen LogP contribution < -0.4 is 5.32 Å². The smallest absolute Gasteiger partial charge is 0.251 e. The predicted molar refractivity (Wildman–Crippen MR) is 128 cm³/mol. The van der Waals surface area contributed by atoms with Crippen LogP contribution in [0.15, 0.2) is 48.7 Å². The third-order valence-electron chi connectivity index (χ3n) is 5.69. The minimum Gasteiger partial charge on any atom is -0.373 e. The second-order valence-corrected chi connectivity index (χ2v) is 9.43. The Morgan fingerprint density at radius 2 is 1.91 bits per heavy atom. The summed E-state index contributed by atoms with van der Waals surface area (Å²) < 4.78 is 7.76. The number of ether oxygens (including phenoxy) is 1. The largest absolute Gasteiger partial charge is 0.373 e. The molecule has 4 rings (SSSR count). The third kappa shape index (κ3) is 5.49. The van der Waals surface area contributed by atoms with Gasteiger partial charge in [0.1, 0.15) is 0 Å². The first-order chi connectivity index (χ1) is 15.5. The Hall–Kier alpha value is -2.42. The van der Waals surface area contributed by atoms with Crippen molar-refractivity contribution in [3.05, 3.63) is 65.6 Å². The van der Waals surface area contributed by atoms with Crippen molar-refractivity contribution >= 4 is 23.3 Å². The van der Waals surface area contributed by atoms with Crippen LogP contribution in [0.5, 0.6) is 0 Å². The number of fused-ring (bicyclic) bond motifs is 1. The molecule has 1 N–H and O–H groups in total. The summed E-state index contributed by atoms with van der Waals surface area (Å²) in [4.78, 5) is 15.4. The van der Waals surface area contributed by atoms with Crippen molar-refractivity contribution < 1.29 is 9.53 Å². The van der Waals surface area contributed by atoms with E-state index in [0.717, 1.165) is 43.3 Å². The molecule has 7 nitrogen and oxygen atoms in total. The van der Waals surface area contributed by atoms with Crippen molar-refractivity contribution in [3.63, 3.8) is 0 Å². The van der Waals surface area contributed by atoms with Crippen LogP contribution in [0.1, 0.15) is 48.1 Å². The maximum absolute atomic E-state index is 13.0. The molecule has 3 heterocycles. The number of benzene rings is 1. The molecule has 0 saturated carbocycles. The van der Waals surface area contributed by atoms with Crippen LogP contribution in [0.25, 0.3) is 5.65 Å². The van der Waals surface area contributed by atoms with Gasteiger partial charge in [0.2, 0.25) is 0 Å².